The lowest BCUT2D eigenvalue weighted by Gasteiger charge is -1.99. The second kappa shape index (κ2) is 3.69. The van der Waals surface area contributed by atoms with E-state index in [-0.39, 0.29) is 0 Å². The molecule has 0 bridgehead atoms. The third kappa shape index (κ3) is 1.62. The number of hydrogen-bond donors (Lipinski definition) is 3. The number of benzene rings is 1. The molecule has 0 fully saturated rings. The van der Waals surface area contributed by atoms with E-state index in [0.717, 1.165) is 13.0 Å². The Balaban J connectivity index is 2.69. The molecule has 0 amide bonds. The fraction of sp³-hybridized carbons (Fsp3) is 0. The fourth-order valence-electron chi connectivity index (χ4n) is 1.27. The minimum absolute atomic E-state index is 0.471. The Bertz CT molecular complexity index is 485. The second-order valence-electron chi connectivity index (χ2n) is 2.92. The summed E-state index contributed by atoms with van der Waals surface area (Å²) in [7, 11) is -1.43. The van der Waals surface area contributed by atoms with Crippen molar-refractivity contribution in [1.29, 1.82) is 0 Å². The van der Waals surface area contributed by atoms with Crippen LogP contribution >= 0.6 is 33.9 Å². The highest BCUT2D eigenvalue weighted by atomic mass is 127. The molecule has 14 heavy (non-hydrogen) atoms. The average Bonchev–Trinajstić information content (AvgIpc) is 2.43. The Morgan fingerprint density at radius 1 is 1.36 bits per heavy atom. The van der Waals surface area contributed by atoms with Gasteiger partial charge in [-0.05, 0) is 34.1 Å². The van der Waals surface area contributed by atoms with E-state index in [2.05, 4.69) is 22.6 Å². The molecule has 72 valence electrons. The van der Waals surface area contributed by atoms with Crippen LogP contribution in [0, 0.1) is 2.88 Å². The van der Waals surface area contributed by atoms with E-state index in [4.69, 9.17) is 15.8 Å². The van der Waals surface area contributed by atoms with Gasteiger partial charge in [0.25, 0.3) is 0 Å². The third-order valence-corrected chi connectivity index (χ3v) is 4.22. The number of anilines is 1. The van der Waals surface area contributed by atoms with Crippen LogP contribution in [0.3, 0.4) is 0 Å². The molecule has 1 aromatic carbocycles. The SMILES string of the molecule is Nc1c(I)sc2ccc(B(O)O)cc12. The molecule has 1 heterocycles. The number of hydrogen-bond acceptors (Lipinski definition) is 4. The van der Waals surface area contributed by atoms with Gasteiger partial charge in [0.15, 0.2) is 0 Å². The van der Waals surface area contributed by atoms with Crippen molar-refractivity contribution in [1.82, 2.24) is 0 Å². The maximum atomic E-state index is 9.00. The van der Waals surface area contributed by atoms with Gasteiger partial charge in [-0.15, -0.1) is 11.3 Å². The largest absolute Gasteiger partial charge is 0.488 e. The van der Waals surface area contributed by atoms with Crippen LogP contribution in [0.5, 0.6) is 0 Å². The fourth-order valence-corrected chi connectivity index (χ4v) is 3.10. The maximum absolute atomic E-state index is 9.00. The van der Waals surface area contributed by atoms with Crippen LogP contribution in [0.25, 0.3) is 10.1 Å². The van der Waals surface area contributed by atoms with E-state index in [1.165, 1.54) is 0 Å². The highest BCUT2D eigenvalue weighted by Crippen LogP contribution is 2.33. The number of thiophene rings is 1. The van der Waals surface area contributed by atoms with Gasteiger partial charge in [0, 0.05) is 10.1 Å². The predicted molar refractivity (Wildman–Crippen MR) is 68.8 cm³/mol. The van der Waals surface area contributed by atoms with Gasteiger partial charge in [-0.1, -0.05) is 12.1 Å². The normalized spacial score (nSPS) is 10.8. The van der Waals surface area contributed by atoms with Gasteiger partial charge >= 0.3 is 7.12 Å². The van der Waals surface area contributed by atoms with Crippen LogP contribution < -0.4 is 11.2 Å². The van der Waals surface area contributed by atoms with Crippen LogP contribution in [0.15, 0.2) is 18.2 Å². The maximum Gasteiger partial charge on any atom is 0.488 e. The van der Waals surface area contributed by atoms with E-state index >= 15 is 0 Å². The van der Waals surface area contributed by atoms with E-state index in [1.54, 1.807) is 23.5 Å². The Hall–Kier alpha value is -0.305. The van der Waals surface area contributed by atoms with Crippen molar-refractivity contribution in [3.05, 3.63) is 21.1 Å². The zero-order chi connectivity index (χ0) is 10.3. The van der Waals surface area contributed by atoms with Gasteiger partial charge in [-0.3, -0.25) is 0 Å². The minimum Gasteiger partial charge on any atom is -0.423 e. The molecule has 0 aliphatic rings. The van der Waals surface area contributed by atoms with Crippen LogP contribution in [0.2, 0.25) is 0 Å². The number of rotatable bonds is 1. The first-order valence-electron chi connectivity index (χ1n) is 3.93. The van der Waals surface area contributed by atoms with E-state index in [1.807, 2.05) is 6.07 Å². The first-order chi connectivity index (χ1) is 6.59. The first kappa shape index (κ1) is 10.2. The van der Waals surface area contributed by atoms with Gasteiger partial charge in [0.05, 0.1) is 8.57 Å². The predicted octanol–water partition coefficient (Wildman–Crippen LogP) is 0.768. The molecule has 0 saturated carbocycles. The highest BCUT2D eigenvalue weighted by Gasteiger charge is 2.13. The zero-order valence-electron chi connectivity index (χ0n) is 7.07. The summed E-state index contributed by atoms with van der Waals surface area (Å²) >= 11 is 3.77. The van der Waals surface area contributed by atoms with Crippen molar-refractivity contribution in [2.75, 3.05) is 5.73 Å². The average molecular weight is 319 g/mol. The summed E-state index contributed by atoms with van der Waals surface area (Å²) in [6.45, 7) is 0. The minimum atomic E-state index is -1.43. The van der Waals surface area contributed by atoms with Gasteiger partial charge in [0.1, 0.15) is 0 Å². The number of fused-ring (bicyclic) bond motifs is 1. The van der Waals surface area contributed by atoms with Gasteiger partial charge < -0.3 is 15.8 Å². The summed E-state index contributed by atoms with van der Waals surface area (Å²) in [5.41, 5.74) is 7.03. The third-order valence-electron chi connectivity index (χ3n) is 2.00. The molecule has 0 aliphatic heterocycles. The lowest BCUT2D eigenvalue weighted by Crippen LogP contribution is -2.29. The lowest BCUT2D eigenvalue weighted by atomic mass is 9.80. The Kier molecular flexibility index (Phi) is 2.69. The van der Waals surface area contributed by atoms with Crippen LogP contribution in [-0.4, -0.2) is 17.2 Å². The molecule has 0 radical (unpaired) electrons. The molecule has 2 aromatic rings. The van der Waals surface area contributed by atoms with Crippen molar-refractivity contribution >= 4 is 62.3 Å². The highest BCUT2D eigenvalue weighted by molar-refractivity contribution is 14.1. The van der Waals surface area contributed by atoms with Crippen molar-refractivity contribution in [2.45, 2.75) is 0 Å². The number of nitrogens with two attached hydrogens (primary N) is 1. The lowest BCUT2D eigenvalue weighted by molar-refractivity contribution is 0.426. The quantitative estimate of drug-likeness (QED) is 0.537. The molecule has 0 aliphatic carbocycles. The molecule has 0 saturated heterocycles. The smallest absolute Gasteiger partial charge is 0.423 e. The Morgan fingerprint density at radius 3 is 2.71 bits per heavy atom. The van der Waals surface area contributed by atoms with Crippen molar-refractivity contribution in [3.8, 4) is 0 Å². The molecular formula is C8H7BINO2S. The molecule has 0 unspecified atom stereocenters. The summed E-state index contributed by atoms with van der Waals surface area (Å²) in [5.74, 6) is 0. The Morgan fingerprint density at radius 2 is 2.07 bits per heavy atom. The second-order valence-corrected chi connectivity index (χ2v) is 5.78. The monoisotopic (exact) mass is 319 g/mol. The summed E-state index contributed by atoms with van der Waals surface area (Å²) in [4.78, 5) is 0. The van der Waals surface area contributed by atoms with Gasteiger partial charge in [0.2, 0.25) is 0 Å². The standard InChI is InChI=1S/C8H7BINO2S/c10-8-7(11)5-3-4(9(12)13)1-2-6(5)14-8/h1-3,12-13H,11H2. The van der Waals surface area contributed by atoms with E-state index in [9.17, 15) is 0 Å². The molecule has 4 N–H and O–H groups in total. The molecular weight excluding hydrogens is 312 g/mol. The number of halogens is 1. The summed E-state index contributed by atoms with van der Waals surface area (Å²) in [6.07, 6.45) is 0. The summed E-state index contributed by atoms with van der Waals surface area (Å²) in [6, 6.07) is 5.26. The number of nitrogen functional groups attached to an aromatic ring is 1. The topological polar surface area (TPSA) is 66.5 Å². The molecule has 1 aromatic heterocycles. The van der Waals surface area contributed by atoms with E-state index < -0.39 is 7.12 Å². The summed E-state index contributed by atoms with van der Waals surface area (Å²) in [5, 5.41) is 18.9. The molecule has 2 rings (SSSR count). The van der Waals surface area contributed by atoms with Crippen LogP contribution in [-0.2, 0) is 0 Å². The molecule has 6 heteroatoms. The van der Waals surface area contributed by atoms with Crippen LogP contribution in [0.1, 0.15) is 0 Å². The summed E-state index contributed by atoms with van der Waals surface area (Å²) < 4.78 is 2.10. The van der Waals surface area contributed by atoms with Crippen molar-refractivity contribution < 1.29 is 10.0 Å². The van der Waals surface area contributed by atoms with Crippen LogP contribution in [0.4, 0.5) is 5.69 Å². The molecule has 0 spiro atoms. The Labute approximate surface area is 98.8 Å². The molecule has 0 atom stereocenters. The van der Waals surface area contributed by atoms with Gasteiger partial charge in [-0.2, -0.15) is 0 Å². The first-order valence-corrected chi connectivity index (χ1v) is 5.82. The van der Waals surface area contributed by atoms with Crippen molar-refractivity contribution in [2.24, 2.45) is 0 Å². The van der Waals surface area contributed by atoms with E-state index in [0.29, 0.717) is 11.2 Å². The molecule has 3 nitrogen and oxygen atoms in total. The zero-order valence-corrected chi connectivity index (χ0v) is 10.0. The van der Waals surface area contributed by atoms with Gasteiger partial charge in [-0.25, -0.2) is 0 Å². The van der Waals surface area contributed by atoms with Crippen molar-refractivity contribution in [3.63, 3.8) is 0 Å².